The van der Waals surface area contributed by atoms with Crippen molar-refractivity contribution in [2.45, 2.75) is 68.2 Å². The molecule has 51 heavy (non-hydrogen) atoms. The summed E-state index contributed by atoms with van der Waals surface area (Å²) in [7, 11) is -4.19. The molecule has 0 radical (unpaired) electrons. The number of rotatable bonds is 8. The molecular weight excluding hydrogens is 695 g/mol. The van der Waals surface area contributed by atoms with Crippen molar-refractivity contribution >= 4 is 45.1 Å². The van der Waals surface area contributed by atoms with Gasteiger partial charge in [0.15, 0.2) is 18.2 Å². The molecule has 3 aromatic rings. The summed E-state index contributed by atoms with van der Waals surface area (Å²) >= 11 is -1.96. The Hall–Kier alpha value is -4.92. The van der Waals surface area contributed by atoms with Gasteiger partial charge in [0.25, 0.3) is 21.8 Å². The third-order valence-electron chi connectivity index (χ3n) is 8.53. The number of carbonyl (C=O) groups excluding carboxylic acids is 4. The average molecular weight is 732 g/mol. The first-order valence-corrected chi connectivity index (χ1v) is 18.9. The maximum absolute atomic E-state index is 14.3. The monoisotopic (exact) mass is 731 g/mol. The lowest BCUT2D eigenvalue weighted by Gasteiger charge is -2.50. The molecule has 2 saturated heterocycles. The minimum absolute atomic E-state index is 0.00647. The minimum atomic E-state index is -4.19. The Bertz CT molecular complexity index is 1970. The van der Waals surface area contributed by atoms with E-state index in [9.17, 15) is 32.1 Å². The quantitative estimate of drug-likeness (QED) is 0.155. The van der Waals surface area contributed by atoms with Gasteiger partial charge in [-0.05, 0) is 63.5 Å². The van der Waals surface area contributed by atoms with Crippen LogP contribution in [0.15, 0.2) is 112 Å². The Balaban J connectivity index is 1.35. The zero-order chi connectivity index (χ0) is 36.7. The second kappa shape index (κ2) is 14.0. The van der Waals surface area contributed by atoms with E-state index in [1.165, 1.54) is 23.6 Å². The smallest absolute Gasteiger partial charge is 0.408 e. The number of amides is 3. The van der Waals surface area contributed by atoms with Gasteiger partial charge in [-0.15, -0.1) is 0 Å². The summed E-state index contributed by atoms with van der Waals surface area (Å²) in [6.07, 6.45) is -0.468. The molecule has 1 unspecified atom stereocenters. The molecular formula is C37H37N3O9S2. The predicted octanol–water partition coefficient (Wildman–Crippen LogP) is 4.25. The van der Waals surface area contributed by atoms with Crippen LogP contribution < -0.4 is 5.32 Å². The lowest BCUT2D eigenvalue weighted by atomic mass is 9.95. The summed E-state index contributed by atoms with van der Waals surface area (Å²) in [6.45, 7) is 6.63. The zero-order valence-electron chi connectivity index (χ0n) is 28.3. The van der Waals surface area contributed by atoms with Crippen molar-refractivity contribution in [1.82, 2.24) is 14.5 Å². The molecule has 0 bridgehead atoms. The molecule has 0 aromatic heterocycles. The van der Waals surface area contributed by atoms with Gasteiger partial charge in [0.2, 0.25) is 5.37 Å². The average Bonchev–Trinajstić information content (AvgIpc) is 3.46. The van der Waals surface area contributed by atoms with Gasteiger partial charge in [0, 0.05) is 28.9 Å². The number of nitrogens with zero attached hydrogens (tertiary/aromatic N) is 2. The van der Waals surface area contributed by atoms with Gasteiger partial charge < -0.3 is 19.3 Å². The van der Waals surface area contributed by atoms with Gasteiger partial charge in [-0.1, -0.05) is 78.4 Å². The summed E-state index contributed by atoms with van der Waals surface area (Å²) in [5.74, 6) is -2.39. The van der Waals surface area contributed by atoms with Crippen molar-refractivity contribution in [3.8, 4) is 0 Å². The highest BCUT2D eigenvalue weighted by atomic mass is 32.2. The Labute approximate surface area is 299 Å². The van der Waals surface area contributed by atoms with E-state index in [-0.39, 0.29) is 29.0 Å². The number of esters is 1. The van der Waals surface area contributed by atoms with Gasteiger partial charge in [-0.3, -0.25) is 14.5 Å². The number of fused-ring (bicyclic) bond motifs is 1. The topological polar surface area (TPSA) is 162 Å². The lowest BCUT2D eigenvalue weighted by molar-refractivity contribution is -0.164. The number of β-lactam (4-membered cyclic amide) rings is 1. The molecule has 3 aliphatic rings. The Morgan fingerprint density at radius 3 is 2.12 bits per heavy atom. The van der Waals surface area contributed by atoms with Crippen LogP contribution in [-0.4, -0.2) is 75.7 Å². The summed E-state index contributed by atoms with van der Waals surface area (Å²) in [5, 5.41) is 2.58. The number of benzene rings is 3. The molecule has 0 spiro atoms. The van der Waals surface area contributed by atoms with Crippen LogP contribution in [0.5, 0.6) is 0 Å². The fourth-order valence-corrected chi connectivity index (χ4v) is 9.03. The standard InChI is InChI=1S/C37H37N3O9S2/c1-23-15-17-28(18-16-23)51(46,47)39-20-19-26(32(39)41)21-27-22-50(45)34-29(38-36(44)49-37(2,3)4)33(42)40(34)30(27)35(43)48-31(24-11-7-5-8-12-24)25-13-9-6-10-14-25/h5-18,21-22,29-31,34H,19-20H2,1-4H3,(H,38,44)/t29-,30-,34-,50?/m1/s1. The minimum Gasteiger partial charge on any atom is -0.610 e. The number of sulfonamides is 1. The molecule has 14 heteroatoms. The van der Waals surface area contributed by atoms with E-state index in [4.69, 9.17) is 9.47 Å². The second-order valence-electron chi connectivity index (χ2n) is 13.4. The van der Waals surface area contributed by atoms with E-state index in [1.54, 1.807) is 81.4 Å². The number of carbonyl (C=O) groups is 4. The van der Waals surface area contributed by atoms with Crippen LogP contribution in [0.4, 0.5) is 4.79 Å². The number of nitrogens with one attached hydrogen (secondary N) is 1. The highest BCUT2D eigenvalue weighted by Crippen LogP contribution is 2.40. The van der Waals surface area contributed by atoms with Crippen LogP contribution in [0.3, 0.4) is 0 Å². The van der Waals surface area contributed by atoms with Crippen LogP contribution in [0.1, 0.15) is 50.0 Å². The van der Waals surface area contributed by atoms with E-state index in [2.05, 4.69) is 5.32 Å². The van der Waals surface area contributed by atoms with Crippen LogP contribution in [-0.2, 0) is 45.1 Å². The summed E-state index contributed by atoms with van der Waals surface area (Å²) in [5.41, 5.74) is 1.35. The highest BCUT2D eigenvalue weighted by Gasteiger charge is 2.63. The summed E-state index contributed by atoms with van der Waals surface area (Å²) in [4.78, 5) is 55.3. The zero-order valence-corrected chi connectivity index (χ0v) is 30.0. The molecule has 4 atom stereocenters. The predicted molar refractivity (Wildman–Crippen MR) is 187 cm³/mol. The molecule has 12 nitrogen and oxygen atoms in total. The maximum atomic E-state index is 14.3. The molecule has 3 amide bonds. The number of alkyl carbamates (subject to hydrolysis) is 1. The molecule has 2 fully saturated rings. The summed E-state index contributed by atoms with van der Waals surface area (Å²) < 4.78 is 52.7. The molecule has 3 aromatic carbocycles. The van der Waals surface area contributed by atoms with E-state index >= 15 is 0 Å². The normalized spacial score (nSPS) is 22.7. The fraction of sp³-hybridized carbons (Fsp3) is 0.297. The number of hydrogen-bond acceptors (Lipinski definition) is 9. The molecule has 1 N–H and O–H groups in total. The van der Waals surface area contributed by atoms with Gasteiger partial charge >= 0.3 is 12.1 Å². The highest BCUT2D eigenvalue weighted by molar-refractivity contribution is 7.95. The van der Waals surface area contributed by atoms with Crippen molar-refractivity contribution < 1.29 is 41.6 Å². The molecule has 3 heterocycles. The van der Waals surface area contributed by atoms with Crippen molar-refractivity contribution in [3.05, 3.63) is 124 Å². The first-order valence-electron chi connectivity index (χ1n) is 16.2. The van der Waals surface area contributed by atoms with Crippen molar-refractivity contribution in [2.24, 2.45) is 0 Å². The number of ether oxygens (including phenoxy) is 2. The van der Waals surface area contributed by atoms with Gasteiger partial charge in [-0.2, -0.15) is 0 Å². The Kier molecular flexibility index (Phi) is 9.86. The van der Waals surface area contributed by atoms with Crippen LogP contribution in [0.25, 0.3) is 0 Å². The largest absolute Gasteiger partial charge is 0.610 e. The van der Waals surface area contributed by atoms with Gasteiger partial charge in [-0.25, -0.2) is 22.3 Å². The maximum Gasteiger partial charge on any atom is 0.408 e. The van der Waals surface area contributed by atoms with Crippen molar-refractivity contribution in [2.75, 3.05) is 6.54 Å². The molecule has 0 saturated carbocycles. The SMILES string of the molecule is Cc1ccc(S(=O)(=O)N2CCC(=CC3=C[S+]([O-])[C@@H]4[C@H](NC(=O)OC(C)(C)C)C(=O)N4[C@H]3C(=O)OC(c3ccccc3)c3ccccc3)C2=O)cc1. The molecule has 6 rings (SSSR count). The molecule has 0 aliphatic carbocycles. The third kappa shape index (κ3) is 7.30. The van der Waals surface area contributed by atoms with Crippen LogP contribution in [0, 0.1) is 6.92 Å². The number of hydrogen-bond donors (Lipinski definition) is 1. The van der Waals surface area contributed by atoms with Gasteiger partial charge in [0.1, 0.15) is 11.0 Å². The number of aryl methyl sites for hydroxylation is 1. The van der Waals surface area contributed by atoms with E-state index in [0.29, 0.717) is 11.1 Å². The van der Waals surface area contributed by atoms with E-state index in [0.717, 1.165) is 14.8 Å². The third-order valence-corrected chi connectivity index (χ3v) is 11.8. The lowest BCUT2D eigenvalue weighted by Crippen LogP contribution is -2.77. The first kappa shape index (κ1) is 35.9. The van der Waals surface area contributed by atoms with Crippen molar-refractivity contribution in [3.63, 3.8) is 0 Å². The Morgan fingerprint density at radius 2 is 1.55 bits per heavy atom. The van der Waals surface area contributed by atoms with E-state index < -0.39 is 74.2 Å². The van der Waals surface area contributed by atoms with Crippen LogP contribution >= 0.6 is 0 Å². The first-order chi connectivity index (χ1) is 24.2. The summed E-state index contributed by atoms with van der Waals surface area (Å²) in [6, 6.07) is 21.3. The second-order valence-corrected chi connectivity index (χ2v) is 16.6. The molecule has 3 aliphatic heterocycles. The Morgan fingerprint density at radius 1 is 0.961 bits per heavy atom. The van der Waals surface area contributed by atoms with Crippen LogP contribution in [0.2, 0.25) is 0 Å². The molecule has 266 valence electrons. The van der Waals surface area contributed by atoms with Crippen molar-refractivity contribution in [1.29, 1.82) is 0 Å². The fourth-order valence-electron chi connectivity index (χ4n) is 6.12. The van der Waals surface area contributed by atoms with Gasteiger partial charge in [0.05, 0.1) is 4.90 Å². The van der Waals surface area contributed by atoms with E-state index in [1.807, 2.05) is 19.1 Å².